The molecule has 160 valence electrons. The Morgan fingerprint density at radius 3 is 2.75 bits per heavy atom. The van der Waals surface area contributed by atoms with Crippen molar-refractivity contribution in [2.75, 3.05) is 24.5 Å². The van der Waals surface area contributed by atoms with Gasteiger partial charge in [0.1, 0.15) is 11.5 Å². The number of hydrogen-bond acceptors (Lipinski definition) is 5. The summed E-state index contributed by atoms with van der Waals surface area (Å²) in [6.07, 6.45) is 5.55. The number of rotatable bonds is 5. The average molecular weight is 424 g/mol. The van der Waals surface area contributed by atoms with Crippen LogP contribution >= 0.6 is 0 Å². The molecule has 0 bridgehead atoms. The molecule has 6 heteroatoms. The van der Waals surface area contributed by atoms with E-state index in [4.69, 9.17) is 4.98 Å². The lowest BCUT2D eigenvalue weighted by molar-refractivity contribution is 0.103. The summed E-state index contributed by atoms with van der Waals surface area (Å²) in [6.45, 7) is 4.37. The van der Waals surface area contributed by atoms with Crippen LogP contribution in [0.5, 0.6) is 0 Å². The van der Waals surface area contributed by atoms with Crippen molar-refractivity contribution in [2.24, 2.45) is 0 Å². The van der Waals surface area contributed by atoms with Crippen molar-refractivity contribution in [1.82, 2.24) is 20.3 Å². The van der Waals surface area contributed by atoms with E-state index in [2.05, 4.69) is 44.5 Å². The normalized spacial score (nSPS) is 16.2. The second kappa shape index (κ2) is 8.77. The smallest absolute Gasteiger partial charge is 0.213 e. The van der Waals surface area contributed by atoms with Gasteiger partial charge in [0, 0.05) is 66.7 Å². The molecule has 1 aliphatic rings. The lowest BCUT2D eigenvalue weighted by Crippen LogP contribution is -2.46. The summed E-state index contributed by atoms with van der Waals surface area (Å²) in [5.41, 5.74) is 4.88. The number of anilines is 1. The number of benzene rings is 1. The number of piperazine rings is 1. The SMILES string of the molecule is Cc1ncc(-c2cc[nH]c2)cc1C(=O)c1cccc(N2CCNC(c3ccccc3)C2)n1. The molecule has 0 radical (unpaired) electrons. The lowest BCUT2D eigenvalue weighted by atomic mass is 10.0. The zero-order valence-corrected chi connectivity index (χ0v) is 18.0. The molecule has 1 fully saturated rings. The van der Waals surface area contributed by atoms with Crippen LogP contribution < -0.4 is 10.2 Å². The van der Waals surface area contributed by atoms with Crippen LogP contribution in [-0.4, -0.2) is 40.4 Å². The zero-order valence-electron chi connectivity index (χ0n) is 18.0. The highest BCUT2D eigenvalue weighted by atomic mass is 16.1. The topological polar surface area (TPSA) is 73.9 Å². The molecule has 4 aromatic rings. The van der Waals surface area contributed by atoms with Gasteiger partial charge in [-0.05, 0) is 36.8 Å². The summed E-state index contributed by atoms with van der Waals surface area (Å²) >= 11 is 0. The monoisotopic (exact) mass is 423 g/mol. The molecule has 1 saturated heterocycles. The Bertz CT molecular complexity index is 1220. The van der Waals surface area contributed by atoms with Gasteiger partial charge in [-0.1, -0.05) is 36.4 Å². The van der Waals surface area contributed by atoms with E-state index in [1.54, 1.807) is 12.3 Å². The maximum Gasteiger partial charge on any atom is 0.213 e. The third-order valence-corrected chi connectivity index (χ3v) is 5.93. The number of hydrogen-bond donors (Lipinski definition) is 2. The van der Waals surface area contributed by atoms with Gasteiger partial charge in [0.25, 0.3) is 0 Å². The predicted molar refractivity (Wildman–Crippen MR) is 126 cm³/mol. The number of aryl methyl sites for hydroxylation is 1. The van der Waals surface area contributed by atoms with Gasteiger partial charge in [-0.15, -0.1) is 0 Å². The molecule has 1 unspecified atom stereocenters. The molecule has 3 aromatic heterocycles. The number of nitrogens with one attached hydrogen (secondary N) is 2. The number of carbonyl (C=O) groups excluding carboxylic acids is 1. The van der Waals surface area contributed by atoms with Crippen molar-refractivity contribution in [2.45, 2.75) is 13.0 Å². The Morgan fingerprint density at radius 2 is 1.94 bits per heavy atom. The molecule has 2 N–H and O–H groups in total. The molecule has 0 saturated carbocycles. The van der Waals surface area contributed by atoms with E-state index in [-0.39, 0.29) is 11.8 Å². The largest absolute Gasteiger partial charge is 0.367 e. The van der Waals surface area contributed by atoms with Crippen LogP contribution in [0.2, 0.25) is 0 Å². The summed E-state index contributed by atoms with van der Waals surface area (Å²) in [5, 5.41) is 3.58. The highest BCUT2D eigenvalue weighted by Crippen LogP contribution is 2.24. The fourth-order valence-corrected chi connectivity index (χ4v) is 4.15. The number of H-pyrrole nitrogens is 1. The van der Waals surface area contributed by atoms with Gasteiger partial charge >= 0.3 is 0 Å². The van der Waals surface area contributed by atoms with E-state index < -0.39 is 0 Å². The predicted octanol–water partition coefficient (Wildman–Crippen LogP) is 4.16. The van der Waals surface area contributed by atoms with Gasteiger partial charge in [0.05, 0.1) is 0 Å². The minimum Gasteiger partial charge on any atom is -0.367 e. The van der Waals surface area contributed by atoms with Gasteiger partial charge < -0.3 is 15.2 Å². The number of aromatic amines is 1. The van der Waals surface area contributed by atoms with Gasteiger partial charge in [-0.2, -0.15) is 0 Å². The van der Waals surface area contributed by atoms with Gasteiger partial charge in [-0.3, -0.25) is 9.78 Å². The van der Waals surface area contributed by atoms with Crippen molar-refractivity contribution >= 4 is 11.6 Å². The Balaban J connectivity index is 1.41. The van der Waals surface area contributed by atoms with Crippen LogP contribution in [0.15, 0.2) is 79.3 Å². The van der Waals surface area contributed by atoms with Crippen LogP contribution in [0.25, 0.3) is 11.1 Å². The third kappa shape index (κ3) is 4.05. The minimum atomic E-state index is -0.107. The standard InChI is InChI=1S/C26H25N5O/c1-18-22(14-21(16-29-18)20-10-11-27-15-20)26(32)23-8-5-9-25(30-23)31-13-12-28-24(17-31)19-6-3-2-4-7-19/h2-11,14-16,24,27-28H,12-13,17H2,1H3. The Morgan fingerprint density at radius 1 is 1.06 bits per heavy atom. The fraction of sp³-hybridized carbons (Fsp3) is 0.192. The van der Waals surface area contributed by atoms with E-state index in [0.29, 0.717) is 17.0 Å². The van der Waals surface area contributed by atoms with Crippen LogP contribution in [0.3, 0.4) is 0 Å². The quantitative estimate of drug-likeness (QED) is 0.472. The maximum atomic E-state index is 13.4. The molecular formula is C26H25N5O. The molecule has 6 nitrogen and oxygen atoms in total. The van der Waals surface area contributed by atoms with Crippen LogP contribution in [0.1, 0.15) is 33.4 Å². The van der Waals surface area contributed by atoms with Crippen molar-refractivity contribution in [1.29, 1.82) is 0 Å². The van der Waals surface area contributed by atoms with Gasteiger partial charge in [0.2, 0.25) is 5.78 Å². The molecule has 1 aromatic carbocycles. The minimum absolute atomic E-state index is 0.107. The van der Waals surface area contributed by atoms with Gasteiger partial charge in [-0.25, -0.2) is 4.98 Å². The number of carbonyl (C=O) groups is 1. The van der Waals surface area contributed by atoms with E-state index in [1.807, 2.05) is 49.6 Å². The summed E-state index contributed by atoms with van der Waals surface area (Å²) in [4.78, 5) is 27.9. The molecule has 32 heavy (non-hydrogen) atoms. The Hall–Kier alpha value is -3.77. The molecule has 0 amide bonds. The molecule has 0 spiro atoms. The van der Waals surface area contributed by atoms with E-state index in [9.17, 15) is 4.79 Å². The van der Waals surface area contributed by atoms with E-state index in [0.717, 1.165) is 36.6 Å². The molecule has 4 heterocycles. The first-order valence-electron chi connectivity index (χ1n) is 10.8. The molecule has 1 aliphatic heterocycles. The van der Waals surface area contributed by atoms with Crippen molar-refractivity contribution in [3.05, 3.63) is 102 Å². The van der Waals surface area contributed by atoms with Crippen molar-refractivity contribution < 1.29 is 4.79 Å². The maximum absolute atomic E-state index is 13.4. The summed E-state index contributed by atoms with van der Waals surface area (Å²) in [7, 11) is 0. The average Bonchev–Trinajstić information content (AvgIpc) is 3.40. The summed E-state index contributed by atoms with van der Waals surface area (Å²) in [5.74, 6) is 0.717. The first kappa shape index (κ1) is 20.2. The van der Waals surface area contributed by atoms with Crippen molar-refractivity contribution in [3.8, 4) is 11.1 Å². The third-order valence-electron chi connectivity index (χ3n) is 5.93. The summed E-state index contributed by atoms with van der Waals surface area (Å²) in [6, 6.07) is 20.2. The number of pyridine rings is 2. The van der Waals surface area contributed by atoms with Crippen LogP contribution in [-0.2, 0) is 0 Å². The second-order valence-corrected chi connectivity index (χ2v) is 8.03. The molecular weight excluding hydrogens is 398 g/mol. The molecule has 1 atom stereocenters. The van der Waals surface area contributed by atoms with Crippen molar-refractivity contribution in [3.63, 3.8) is 0 Å². The number of aromatic nitrogens is 3. The first-order chi connectivity index (χ1) is 15.7. The highest BCUT2D eigenvalue weighted by molar-refractivity contribution is 6.09. The zero-order chi connectivity index (χ0) is 21.9. The Kier molecular flexibility index (Phi) is 5.52. The van der Waals surface area contributed by atoms with E-state index >= 15 is 0 Å². The number of ketones is 1. The van der Waals surface area contributed by atoms with Gasteiger partial charge in [0.15, 0.2) is 0 Å². The molecule has 0 aliphatic carbocycles. The lowest BCUT2D eigenvalue weighted by Gasteiger charge is -2.35. The highest BCUT2D eigenvalue weighted by Gasteiger charge is 2.23. The fourth-order valence-electron chi connectivity index (χ4n) is 4.15. The summed E-state index contributed by atoms with van der Waals surface area (Å²) < 4.78 is 0. The van der Waals surface area contributed by atoms with Crippen LogP contribution in [0.4, 0.5) is 5.82 Å². The second-order valence-electron chi connectivity index (χ2n) is 8.03. The first-order valence-corrected chi connectivity index (χ1v) is 10.8. The van der Waals surface area contributed by atoms with Crippen LogP contribution in [0, 0.1) is 6.92 Å². The van der Waals surface area contributed by atoms with E-state index in [1.165, 1.54) is 5.56 Å². The molecule has 5 rings (SSSR count). The Labute approximate surface area is 187 Å². The number of nitrogens with zero attached hydrogens (tertiary/aromatic N) is 3.